The number of benzene rings is 1. The SMILES string of the molecule is CN(c1nccnc1CNc1nc(Nc2ccc(N3CCN(Cc4cncc(N5CCC(=O)NC5=O)c4)CC3)cc2)ncc1C(F)(F)F)S(C)(=O)=O. The number of sulfonamides is 1. The predicted molar refractivity (Wildman–Crippen MR) is 187 cm³/mol. The van der Waals surface area contributed by atoms with E-state index in [2.05, 4.69) is 50.7 Å². The zero-order chi connectivity index (χ0) is 37.0. The summed E-state index contributed by atoms with van der Waals surface area (Å²) >= 11 is 0. The van der Waals surface area contributed by atoms with Gasteiger partial charge in [0, 0.05) is 88.9 Å². The van der Waals surface area contributed by atoms with E-state index in [-0.39, 0.29) is 36.3 Å². The molecule has 0 radical (unpaired) electrons. The molecule has 2 aliphatic rings. The number of aromatic nitrogens is 5. The number of rotatable bonds is 11. The van der Waals surface area contributed by atoms with E-state index in [9.17, 15) is 31.2 Å². The number of carbonyl (C=O) groups is 2. The van der Waals surface area contributed by atoms with Gasteiger partial charge in [-0.15, -0.1) is 0 Å². The number of hydrogen-bond donors (Lipinski definition) is 3. The lowest BCUT2D eigenvalue weighted by Crippen LogP contribution is -2.49. The van der Waals surface area contributed by atoms with Crippen molar-refractivity contribution in [1.82, 2.24) is 35.1 Å². The van der Waals surface area contributed by atoms with E-state index in [4.69, 9.17) is 0 Å². The van der Waals surface area contributed by atoms with Crippen molar-refractivity contribution in [2.24, 2.45) is 0 Å². The van der Waals surface area contributed by atoms with Crippen molar-refractivity contribution in [2.45, 2.75) is 25.7 Å². The predicted octanol–water partition coefficient (Wildman–Crippen LogP) is 3.20. The van der Waals surface area contributed by atoms with Gasteiger partial charge in [0.1, 0.15) is 17.1 Å². The van der Waals surface area contributed by atoms with Crippen molar-refractivity contribution in [1.29, 1.82) is 0 Å². The number of urea groups is 1. The monoisotopic (exact) mass is 740 g/mol. The molecule has 0 atom stereocenters. The van der Waals surface area contributed by atoms with Crippen LogP contribution in [0.5, 0.6) is 0 Å². The fraction of sp³-hybridized carbons (Fsp3) is 0.344. The summed E-state index contributed by atoms with van der Waals surface area (Å²) in [5.41, 5.74) is 2.10. The molecule has 3 N–H and O–H groups in total. The average molecular weight is 741 g/mol. The van der Waals surface area contributed by atoms with Gasteiger partial charge >= 0.3 is 12.2 Å². The highest BCUT2D eigenvalue weighted by molar-refractivity contribution is 7.92. The molecule has 274 valence electrons. The van der Waals surface area contributed by atoms with Crippen molar-refractivity contribution in [3.63, 3.8) is 0 Å². The molecule has 1 aromatic carbocycles. The Bertz CT molecular complexity index is 2050. The number of hydrogen-bond acceptors (Lipinski definition) is 13. The van der Waals surface area contributed by atoms with E-state index in [1.54, 1.807) is 24.5 Å². The number of amides is 3. The Morgan fingerprint density at radius 3 is 2.37 bits per heavy atom. The van der Waals surface area contributed by atoms with E-state index in [1.165, 1.54) is 24.3 Å². The molecule has 0 saturated carbocycles. The van der Waals surface area contributed by atoms with E-state index in [0.717, 1.165) is 48.0 Å². The van der Waals surface area contributed by atoms with E-state index >= 15 is 0 Å². The van der Waals surface area contributed by atoms with Crippen LogP contribution >= 0.6 is 0 Å². The normalized spacial score (nSPS) is 15.7. The smallest absolute Gasteiger partial charge is 0.369 e. The Labute approximate surface area is 297 Å². The minimum atomic E-state index is -4.77. The third kappa shape index (κ3) is 8.62. The highest BCUT2D eigenvalue weighted by atomic mass is 32.2. The van der Waals surface area contributed by atoms with Gasteiger partial charge in [-0.3, -0.25) is 34.2 Å². The molecule has 2 aliphatic heterocycles. The Kier molecular flexibility index (Phi) is 10.4. The molecule has 3 aromatic heterocycles. The molecule has 16 nitrogen and oxygen atoms in total. The van der Waals surface area contributed by atoms with Crippen LogP contribution in [0.15, 0.2) is 61.3 Å². The van der Waals surface area contributed by atoms with Crippen molar-refractivity contribution in [2.75, 3.05) is 70.8 Å². The van der Waals surface area contributed by atoms with Crippen LogP contribution in [0.3, 0.4) is 0 Å². The molecular formula is C32H35F3N12O4S. The summed E-state index contributed by atoms with van der Waals surface area (Å²) in [5, 5.41) is 7.89. The van der Waals surface area contributed by atoms with Crippen LogP contribution in [-0.2, 0) is 34.1 Å². The van der Waals surface area contributed by atoms with Gasteiger partial charge in [0.15, 0.2) is 5.82 Å². The summed E-state index contributed by atoms with van der Waals surface area (Å²) in [6.07, 6.45) is 3.08. The van der Waals surface area contributed by atoms with Gasteiger partial charge in [0.05, 0.1) is 24.7 Å². The molecule has 2 saturated heterocycles. The van der Waals surface area contributed by atoms with Gasteiger partial charge in [0.2, 0.25) is 21.9 Å². The molecule has 4 aromatic rings. The second kappa shape index (κ2) is 14.9. The summed E-state index contributed by atoms with van der Waals surface area (Å²) in [5.74, 6) is -0.932. The fourth-order valence-electron chi connectivity index (χ4n) is 5.68. The summed E-state index contributed by atoms with van der Waals surface area (Å²) in [6, 6.07) is 8.82. The van der Waals surface area contributed by atoms with Crippen LogP contribution in [-0.4, -0.2) is 96.2 Å². The van der Waals surface area contributed by atoms with Gasteiger partial charge in [-0.25, -0.2) is 23.2 Å². The van der Waals surface area contributed by atoms with Crippen LogP contribution in [0.1, 0.15) is 23.2 Å². The molecule has 0 bridgehead atoms. The molecule has 52 heavy (non-hydrogen) atoms. The van der Waals surface area contributed by atoms with Crippen molar-refractivity contribution in [3.8, 4) is 0 Å². The van der Waals surface area contributed by atoms with Crippen LogP contribution in [0.4, 0.5) is 52.6 Å². The largest absolute Gasteiger partial charge is 0.421 e. The number of anilines is 6. The topological polar surface area (TPSA) is 182 Å². The molecule has 0 aliphatic carbocycles. The van der Waals surface area contributed by atoms with Crippen molar-refractivity contribution in [3.05, 3.63) is 78.1 Å². The highest BCUT2D eigenvalue weighted by Crippen LogP contribution is 2.35. The summed E-state index contributed by atoms with van der Waals surface area (Å²) in [7, 11) is -2.43. The molecule has 5 heterocycles. The quantitative estimate of drug-likeness (QED) is 0.204. The molecule has 0 spiro atoms. The maximum Gasteiger partial charge on any atom is 0.421 e. The number of carbonyl (C=O) groups excluding carboxylic acids is 2. The Morgan fingerprint density at radius 1 is 0.942 bits per heavy atom. The molecule has 6 rings (SSSR count). The third-order valence-corrected chi connectivity index (χ3v) is 9.65. The van der Waals surface area contributed by atoms with Crippen molar-refractivity contribution >= 4 is 56.6 Å². The number of alkyl halides is 3. The standard InChI is InChI=1S/C32H35F3N12O4S/c1-44(52(2,50)51)29-26(37-8-9-38-29)19-39-28-25(32(33,34)35)18-40-30(43-28)41-22-3-5-23(6-4-22)46-13-11-45(12-14-46)20-21-15-24(17-36-16-21)47-10-7-27(48)42-31(47)49/h3-6,8-9,15-18H,7,10-14,19-20H2,1-2H3,(H,42,48,49)(H2,39,40,41,43). The zero-order valence-electron chi connectivity index (χ0n) is 28.1. The third-order valence-electron chi connectivity index (χ3n) is 8.48. The average Bonchev–Trinajstić information content (AvgIpc) is 3.10. The first-order valence-electron chi connectivity index (χ1n) is 16.1. The number of piperazine rings is 1. The molecule has 20 heteroatoms. The maximum atomic E-state index is 13.9. The van der Waals surface area contributed by atoms with Crippen LogP contribution in [0.25, 0.3) is 0 Å². The van der Waals surface area contributed by atoms with Crippen LogP contribution in [0, 0.1) is 0 Å². The van der Waals surface area contributed by atoms with Gasteiger partial charge in [-0.2, -0.15) is 18.2 Å². The lowest BCUT2D eigenvalue weighted by atomic mass is 10.2. The van der Waals surface area contributed by atoms with Crippen LogP contribution in [0.2, 0.25) is 0 Å². The van der Waals surface area contributed by atoms with E-state index in [0.29, 0.717) is 30.7 Å². The number of pyridine rings is 1. The van der Waals surface area contributed by atoms with Gasteiger partial charge in [-0.05, 0) is 35.9 Å². The number of halogens is 3. The first-order chi connectivity index (χ1) is 24.7. The Morgan fingerprint density at radius 2 is 1.67 bits per heavy atom. The second-order valence-electron chi connectivity index (χ2n) is 12.1. The lowest BCUT2D eigenvalue weighted by molar-refractivity contribution is -0.137. The molecule has 2 fully saturated rings. The number of nitrogens with one attached hydrogen (secondary N) is 3. The second-order valence-corrected chi connectivity index (χ2v) is 14.1. The first kappa shape index (κ1) is 36.2. The van der Waals surface area contributed by atoms with Crippen molar-refractivity contribution < 1.29 is 31.2 Å². The van der Waals surface area contributed by atoms with Gasteiger partial charge in [-0.1, -0.05) is 0 Å². The lowest BCUT2D eigenvalue weighted by Gasteiger charge is -2.36. The van der Waals surface area contributed by atoms with Gasteiger partial charge in [0.25, 0.3) is 0 Å². The van der Waals surface area contributed by atoms with Gasteiger partial charge < -0.3 is 15.5 Å². The van der Waals surface area contributed by atoms with E-state index in [1.807, 2.05) is 18.2 Å². The van der Waals surface area contributed by atoms with E-state index < -0.39 is 33.6 Å². The summed E-state index contributed by atoms with van der Waals surface area (Å²) in [4.78, 5) is 50.2. The summed E-state index contributed by atoms with van der Waals surface area (Å²) in [6.45, 7) is 3.71. The minimum Gasteiger partial charge on any atom is -0.369 e. The summed E-state index contributed by atoms with van der Waals surface area (Å²) < 4.78 is 66.6. The minimum absolute atomic E-state index is 0.0348. The number of imide groups is 1. The van der Waals surface area contributed by atoms with Crippen LogP contribution < -0.4 is 30.1 Å². The molecule has 3 amide bonds. The fourth-order valence-corrected chi connectivity index (χ4v) is 6.15. The molecular weight excluding hydrogens is 705 g/mol. The number of nitrogens with zero attached hydrogens (tertiary/aromatic N) is 9. The zero-order valence-corrected chi connectivity index (χ0v) is 28.9. The maximum absolute atomic E-state index is 13.9. The highest BCUT2D eigenvalue weighted by Gasteiger charge is 2.35. The molecule has 0 unspecified atom stereocenters. The first-order valence-corrected chi connectivity index (χ1v) is 17.9. The Hall–Kier alpha value is -5.63. The Balaban J connectivity index is 1.06.